The third-order valence-corrected chi connectivity index (χ3v) is 7.78. The van der Waals surface area contributed by atoms with Crippen LogP contribution in [0.25, 0.3) is 10.2 Å². The average Bonchev–Trinajstić information content (AvgIpc) is 2.99. The summed E-state index contributed by atoms with van der Waals surface area (Å²) in [6, 6.07) is 12.3. The largest absolute Gasteiger partial charge is 0.243 e. The van der Waals surface area contributed by atoms with Crippen molar-refractivity contribution in [1.82, 2.24) is 9.29 Å². The highest BCUT2D eigenvalue weighted by atomic mass is 35.5. The molecule has 0 fully saturated rings. The Kier molecular flexibility index (Phi) is 4.66. The van der Waals surface area contributed by atoms with E-state index in [9.17, 15) is 8.42 Å². The zero-order valence-electron chi connectivity index (χ0n) is 13.5. The van der Waals surface area contributed by atoms with E-state index in [1.165, 1.54) is 15.6 Å². The summed E-state index contributed by atoms with van der Waals surface area (Å²) in [6.07, 6.45) is 0. The fourth-order valence-corrected chi connectivity index (χ4v) is 5.39. The monoisotopic (exact) mass is 380 g/mol. The number of para-hydroxylation sites is 1. The molecular weight excluding hydrogens is 364 g/mol. The maximum absolute atomic E-state index is 13.0. The van der Waals surface area contributed by atoms with Crippen molar-refractivity contribution in [2.75, 3.05) is 7.05 Å². The molecule has 0 aliphatic carbocycles. The fraction of sp³-hybridized carbons (Fsp3) is 0.235. The number of hydrogen-bond donors (Lipinski definition) is 0. The molecule has 0 saturated heterocycles. The normalized spacial score (nSPS) is 13.5. The van der Waals surface area contributed by atoms with E-state index in [1.54, 1.807) is 32.2 Å². The molecule has 7 heteroatoms. The molecule has 0 bridgehead atoms. The van der Waals surface area contributed by atoms with Gasteiger partial charge in [-0.3, -0.25) is 0 Å². The Morgan fingerprint density at radius 1 is 1.17 bits per heavy atom. The lowest BCUT2D eigenvalue weighted by Crippen LogP contribution is -2.30. The third kappa shape index (κ3) is 2.95. The average molecular weight is 381 g/mol. The van der Waals surface area contributed by atoms with Crippen molar-refractivity contribution in [3.8, 4) is 0 Å². The predicted molar refractivity (Wildman–Crippen MR) is 99.2 cm³/mol. The lowest BCUT2D eigenvalue weighted by atomic mass is 10.2. The van der Waals surface area contributed by atoms with Crippen molar-refractivity contribution in [2.45, 2.75) is 24.8 Å². The van der Waals surface area contributed by atoms with Crippen LogP contribution in [0.3, 0.4) is 0 Å². The van der Waals surface area contributed by atoms with E-state index < -0.39 is 10.0 Å². The molecule has 24 heavy (non-hydrogen) atoms. The van der Waals surface area contributed by atoms with Crippen LogP contribution in [-0.2, 0) is 10.0 Å². The summed E-state index contributed by atoms with van der Waals surface area (Å²) in [6.45, 7) is 3.56. The number of halogens is 1. The van der Waals surface area contributed by atoms with Gasteiger partial charge in [-0.1, -0.05) is 29.8 Å². The Hall–Kier alpha value is -1.47. The number of sulfonamides is 1. The van der Waals surface area contributed by atoms with Gasteiger partial charge in [0.1, 0.15) is 5.01 Å². The summed E-state index contributed by atoms with van der Waals surface area (Å²) in [5.74, 6) is 0. The molecule has 0 saturated carbocycles. The second-order valence-corrected chi connectivity index (χ2v) is 9.02. The molecule has 0 aliphatic rings. The highest BCUT2D eigenvalue weighted by Gasteiger charge is 2.29. The van der Waals surface area contributed by atoms with Crippen molar-refractivity contribution in [2.24, 2.45) is 0 Å². The molecule has 0 N–H and O–H groups in total. The summed E-state index contributed by atoms with van der Waals surface area (Å²) in [7, 11) is -2.09. The zero-order chi connectivity index (χ0) is 17.5. The van der Waals surface area contributed by atoms with Crippen molar-refractivity contribution >= 4 is 43.2 Å². The molecule has 3 rings (SSSR count). The Balaban J connectivity index is 2.00. The van der Waals surface area contributed by atoms with Crippen molar-refractivity contribution in [3.63, 3.8) is 0 Å². The van der Waals surface area contributed by atoms with Crippen LogP contribution in [0.1, 0.15) is 23.5 Å². The Bertz CT molecular complexity index is 966. The van der Waals surface area contributed by atoms with Crippen LogP contribution in [0.2, 0.25) is 5.02 Å². The first kappa shape index (κ1) is 17.4. The van der Waals surface area contributed by atoms with Gasteiger partial charge in [0.2, 0.25) is 10.0 Å². The zero-order valence-corrected chi connectivity index (χ0v) is 15.9. The number of hydrogen-bond acceptors (Lipinski definition) is 4. The van der Waals surface area contributed by atoms with Crippen molar-refractivity contribution in [1.29, 1.82) is 0 Å². The van der Waals surface area contributed by atoms with Crippen molar-refractivity contribution < 1.29 is 8.42 Å². The summed E-state index contributed by atoms with van der Waals surface area (Å²) < 4.78 is 28.4. The van der Waals surface area contributed by atoms with E-state index in [1.807, 2.05) is 31.2 Å². The summed E-state index contributed by atoms with van der Waals surface area (Å²) in [5.41, 5.74) is 1.44. The van der Waals surface area contributed by atoms with Crippen LogP contribution in [0, 0.1) is 6.92 Å². The first-order valence-corrected chi connectivity index (χ1v) is 10.0. The molecule has 1 unspecified atom stereocenters. The molecule has 0 spiro atoms. The first-order valence-electron chi connectivity index (χ1n) is 7.41. The van der Waals surface area contributed by atoms with E-state index in [0.29, 0.717) is 10.6 Å². The molecule has 2 aromatic carbocycles. The van der Waals surface area contributed by atoms with Crippen LogP contribution in [0.4, 0.5) is 0 Å². The molecule has 1 aromatic heterocycles. The SMILES string of the molecule is Cc1c(Cl)cccc1S(=O)(=O)N(C)C(C)c1nc2ccccc2s1. The third-order valence-electron chi connectivity index (χ3n) is 4.09. The molecule has 126 valence electrons. The molecule has 1 atom stereocenters. The van der Waals surface area contributed by atoms with E-state index in [2.05, 4.69) is 4.98 Å². The Morgan fingerprint density at radius 2 is 1.88 bits per heavy atom. The fourth-order valence-electron chi connectivity index (χ4n) is 2.45. The second-order valence-electron chi connectivity index (χ2n) is 5.58. The molecule has 0 amide bonds. The van der Waals surface area contributed by atoms with Crippen LogP contribution < -0.4 is 0 Å². The molecule has 4 nitrogen and oxygen atoms in total. The summed E-state index contributed by atoms with van der Waals surface area (Å²) in [4.78, 5) is 4.79. The molecule has 0 aliphatic heterocycles. The van der Waals surface area contributed by atoms with Gasteiger partial charge in [0.15, 0.2) is 0 Å². The number of thiazole rings is 1. The molecule has 3 aromatic rings. The molecule has 1 heterocycles. The minimum Gasteiger partial charge on any atom is -0.239 e. The van der Waals surface area contributed by atoms with Crippen LogP contribution >= 0.6 is 22.9 Å². The summed E-state index contributed by atoms with van der Waals surface area (Å²) in [5, 5.41) is 1.21. The number of aromatic nitrogens is 1. The molecule has 0 radical (unpaired) electrons. The summed E-state index contributed by atoms with van der Waals surface area (Å²) >= 11 is 7.59. The number of fused-ring (bicyclic) bond motifs is 1. The number of rotatable bonds is 4. The maximum Gasteiger partial charge on any atom is 0.243 e. The molecular formula is C17H17ClN2O2S2. The van der Waals surface area contributed by atoms with Crippen LogP contribution in [0.15, 0.2) is 47.4 Å². The van der Waals surface area contributed by atoms with E-state index in [-0.39, 0.29) is 10.9 Å². The van der Waals surface area contributed by atoms with Gasteiger partial charge in [-0.15, -0.1) is 11.3 Å². The van der Waals surface area contributed by atoms with Gasteiger partial charge in [-0.05, 0) is 43.7 Å². The lowest BCUT2D eigenvalue weighted by Gasteiger charge is -2.23. The number of nitrogens with zero attached hydrogens (tertiary/aromatic N) is 2. The minimum atomic E-state index is -3.66. The standard InChI is InChI=1S/C17H17ClN2O2S2/c1-11-13(18)7-6-10-16(11)24(21,22)20(3)12(2)17-19-14-8-4-5-9-15(14)23-17/h4-10,12H,1-3H3. The van der Waals surface area contributed by atoms with Gasteiger partial charge in [0.05, 0.1) is 21.2 Å². The van der Waals surface area contributed by atoms with Gasteiger partial charge in [-0.2, -0.15) is 4.31 Å². The smallest absolute Gasteiger partial charge is 0.239 e. The highest BCUT2D eigenvalue weighted by Crippen LogP contribution is 2.33. The van der Waals surface area contributed by atoms with E-state index in [0.717, 1.165) is 15.2 Å². The van der Waals surface area contributed by atoms with Crippen molar-refractivity contribution in [3.05, 3.63) is 58.1 Å². The van der Waals surface area contributed by atoms with Gasteiger partial charge >= 0.3 is 0 Å². The first-order chi connectivity index (χ1) is 11.3. The van der Waals surface area contributed by atoms with Crippen LogP contribution in [0.5, 0.6) is 0 Å². The second kappa shape index (κ2) is 6.44. The van der Waals surface area contributed by atoms with E-state index >= 15 is 0 Å². The lowest BCUT2D eigenvalue weighted by molar-refractivity contribution is 0.397. The van der Waals surface area contributed by atoms with Gasteiger partial charge in [-0.25, -0.2) is 13.4 Å². The quantitative estimate of drug-likeness (QED) is 0.662. The van der Waals surface area contributed by atoms with Gasteiger partial charge in [0.25, 0.3) is 0 Å². The maximum atomic E-state index is 13.0. The Morgan fingerprint density at radius 3 is 2.58 bits per heavy atom. The Labute approximate surface area is 150 Å². The highest BCUT2D eigenvalue weighted by molar-refractivity contribution is 7.89. The minimum absolute atomic E-state index is 0.227. The number of benzene rings is 2. The topological polar surface area (TPSA) is 50.3 Å². The predicted octanol–water partition coefficient (Wildman–Crippen LogP) is 4.64. The van der Waals surface area contributed by atoms with Crippen LogP contribution in [-0.4, -0.2) is 24.8 Å². The van der Waals surface area contributed by atoms with E-state index in [4.69, 9.17) is 11.6 Å². The van der Waals surface area contributed by atoms with Gasteiger partial charge < -0.3 is 0 Å². The van der Waals surface area contributed by atoms with Gasteiger partial charge in [0, 0.05) is 12.1 Å².